The molecule has 2 rings (SSSR count). The summed E-state index contributed by atoms with van der Waals surface area (Å²) in [6.07, 6.45) is 1.76. The van der Waals surface area contributed by atoms with Crippen molar-refractivity contribution < 1.29 is 0 Å². The topological polar surface area (TPSA) is 12.9 Å². The number of halogens is 3. The molecule has 0 spiro atoms. The molecule has 0 aliphatic rings. The van der Waals surface area contributed by atoms with Crippen LogP contribution < -0.4 is 0 Å². The number of fused-ring (bicyclic) bond motifs is 1. The number of rotatable bonds is 0. The lowest BCUT2D eigenvalue weighted by Gasteiger charge is -2.04. The van der Waals surface area contributed by atoms with Gasteiger partial charge in [-0.05, 0) is 47.2 Å². The van der Waals surface area contributed by atoms with Gasteiger partial charge in [0.1, 0.15) is 0 Å². The van der Waals surface area contributed by atoms with Gasteiger partial charge in [-0.2, -0.15) is 0 Å². The van der Waals surface area contributed by atoms with Crippen molar-refractivity contribution in [3.63, 3.8) is 0 Å². The van der Waals surface area contributed by atoms with Crippen molar-refractivity contribution in [3.8, 4) is 0 Å². The van der Waals surface area contributed by atoms with Crippen molar-refractivity contribution in [1.82, 2.24) is 4.98 Å². The van der Waals surface area contributed by atoms with E-state index in [1.54, 1.807) is 6.20 Å². The van der Waals surface area contributed by atoms with Crippen LogP contribution in [0.5, 0.6) is 0 Å². The molecule has 0 atom stereocenters. The summed E-state index contributed by atoms with van der Waals surface area (Å²) < 4.78 is 0.992. The summed E-state index contributed by atoms with van der Waals surface area (Å²) in [5.74, 6) is 0. The van der Waals surface area contributed by atoms with Crippen molar-refractivity contribution in [2.75, 3.05) is 0 Å². The van der Waals surface area contributed by atoms with Crippen molar-refractivity contribution in [2.45, 2.75) is 6.92 Å². The first-order chi connectivity index (χ1) is 6.59. The average molecular weight is 338 g/mol. The third kappa shape index (κ3) is 1.71. The number of nitrogens with zero attached hydrogens (tertiary/aromatic N) is 1. The van der Waals surface area contributed by atoms with Gasteiger partial charge < -0.3 is 0 Å². The Balaban J connectivity index is 2.89. The van der Waals surface area contributed by atoms with Crippen LogP contribution in [0.25, 0.3) is 10.9 Å². The number of aryl methyl sites for hydroxylation is 1. The van der Waals surface area contributed by atoms with E-state index in [0.29, 0.717) is 5.02 Å². The Kier molecular flexibility index (Phi) is 2.86. The minimum Gasteiger partial charge on any atom is -0.256 e. The molecular weight excluding hydrogens is 332 g/mol. The Morgan fingerprint density at radius 1 is 1.29 bits per heavy atom. The normalized spacial score (nSPS) is 10.9. The first-order valence-electron chi connectivity index (χ1n) is 3.99. The van der Waals surface area contributed by atoms with E-state index in [2.05, 4.69) is 27.6 Å². The molecule has 0 N–H and O–H groups in total. The van der Waals surface area contributed by atoms with Gasteiger partial charge in [-0.1, -0.05) is 23.2 Å². The molecule has 72 valence electrons. The molecule has 0 saturated heterocycles. The standard InChI is InChI=1S/C10H6Cl2IN/c1-5-4-14-9-3-7(11)8(13)2-6(9)10(5)12/h2-4H,1H3. The summed E-state index contributed by atoms with van der Waals surface area (Å²) in [6.45, 7) is 1.94. The number of pyridine rings is 1. The molecule has 0 amide bonds. The first kappa shape index (κ1) is 10.5. The third-order valence-electron chi connectivity index (χ3n) is 2.02. The van der Waals surface area contributed by atoms with Gasteiger partial charge in [0.25, 0.3) is 0 Å². The highest BCUT2D eigenvalue weighted by Gasteiger charge is 2.06. The fraction of sp³-hybridized carbons (Fsp3) is 0.100. The maximum atomic E-state index is 6.16. The molecule has 0 aliphatic carbocycles. The number of hydrogen-bond donors (Lipinski definition) is 0. The number of hydrogen-bond acceptors (Lipinski definition) is 1. The molecule has 1 aromatic carbocycles. The molecule has 1 nitrogen and oxygen atoms in total. The molecule has 0 saturated carbocycles. The van der Waals surface area contributed by atoms with Crippen LogP contribution in [0.3, 0.4) is 0 Å². The fourth-order valence-corrected chi connectivity index (χ4v) is 2.08. The van der Waals surface area contributed by atoms with E-state index in [1.165, 1.54) is 0 Å². The minimum atomic E-state index is 0.713. The lowest BCUT2D eigenvalue weighted by molar-refractivity contribution is 1.33. The van der Waals surface area contributed by atoms with Crippen LogP contribution in [0.15, 0.2) is 18.3 Å². The SMILES string of the molecule is Cc1cnc2cc(Cl)c(I)cc2c1Cl. The highest BCUT2D eigenvalue weighted by Crippen LogP contribution is 2.30. The minimum absolute atomic E-state index is 0.713. The summed E-state index contributed by atoms with van der Waals surface area (Å²) in [5.41, 5.74) is 1.82. The summed E-state index contributed by atoms with van der Waals surface area (Å²) in [7, 11) is 0. The molecule has 0 aliphatic heterocycles. The molecule has 2 aromatic rings. The van der Waals surface area contributed by atoms with Gasteiger partial charge in [0.05, 0.1) is 15.6 Å². The van der Waals surface area contributed by atoms with Gasteiger partial charge >= 0.3 is 0 Å². The lowest BCUT2D eigenvalue weighted by Crippen LogP contribution is -1.85. The zero-order valence-electron chi connectivity index (χ0n) is 7.31. The maximum absolute atomic E-state index is 6.16. The van der Waals surface area contributed by atoms with Gasteiger partial charge in [-0.15, -0.1) is 0 Å². The number of benzene rings is 1. The molecule has 0 bridgehead atoms. The van der Waals surface area contributed by atoms with Gasteiger partial charge in [0, 0.05) is 15.2 Å². The monoisotopic (exact) mass is 337 g/mol. The van der Waals surface area contributed by atoms with Gasteiger partial charge in [0.15, 0.2) is 0 Å². The Labute approximate surface area is 106 Å². The van der Waals surface area contributed by atoms with E-state index in [1.807, 2.05) is 19.1 Å². The zero-order valence-corrected chi connectivity index (χ0v) is 11.0. The largest absolute Gasteiger partial charge is 0.256 e. The van der Waals surface area contributed by atoms with Crippen LogP contribution in [0.2, 0.25) is 10.0 Å². The lowest BCUT2D eigenvalue weighted by atomic mass is 10.2. The van der Waals surface area contributed by atoms with Gasteiger partial charge in [-0.25, -0.2) is 0 Å². The second-order valence-corrected chi connectivity index (χ2v) is 4.99. The molecule has 1 heterocycles. The highest BCUT2D eigenvalue weighted by molar-refractivity contribution is 14.1. The van der Waals surface area contributed by atoms with Crippen molar-refractivity contribution in [1.29, 1.82) is 0 Å². The molecule has 14 heavy (non-hydrogen) atoms. The predicted molar refractivity (Wildman–Crippen MR) is 69.2 cm³/mol. The molecule has 0 unspecified atom stereocenters. The van der Waals surface area contributed by atoms with Crippen LogP contribution in [0, 0.1) is 10.5 Å². The Hall–Kier alpha value is -0.0600. The summed E-state index contributed by atoms with van der Waals surface area (Å²) in [6, 6.07) is 3.80. The Morgan fingerprint density at radius 2 is 2.00 bits per heavy atom. The van der Waals surface area contributed by atoms with Crippen LogP contribution in [0.1, 0.15) is 5.56 Å². The zero-order chi connectivity index (χ0) is 10.3. The van der Waals surface area contributed by atoms with E-state index in [4.69, 9.17) is 23.2 Å². The van der Waals surface area contributed by atoms with E-state index in [9.17, 15) is 0 Å². The quantitative estimate of drug-likeness (QED) is 0.647. The van der Waals surface area contributed by atoms with E-state index in [0.717, 1.165) is 25.1 Å². The smallest absolute Gasteiger partial charge is 0.0732 e. The molecule has 4 heteroatoms. The second kappa shape index (κ2) is 3.83. The van der Waals surface area contributed by atoms with Crippen LogP contribution in [-0.4, -0.2) is 4.98 Å². The summed E-state index contributed by atoms with van der Waals surface area (Å²) in [4.78, 5) is 4.27. The Bertz CT molecular complexity index is 511. The van der Waals surface area contributed by atoms with Crippen LogP contribution in [-0.2, 0) is 0 Å². The van der Waals surface area contributed by atoms with Crippen LogP contribution in [0.4, 0.5) is 0 Å². The second-order valence-electron chi connectivity index (χ2n) is 3.04. The highest BCUT2D eigenvalue weighted by atomic mass is 127. The first-order valence-corrected chi connectivity index (χ1v) is 5.83. The van der Waals surface area contributed by atoms with Crippen molar-refractivity contribution >= 4 is 56.7 Å². The van der Waals surface area contributed by atoms with Crippen LogP contribution >= 0.6 is 45.8 Å². The van der Waals surface area contributed by atoms with Crippen molar-refractivity contribution in [3.05, 3.63) is 37.5 Å². The molecule has 1 aromatic heterocycles. The van der Waals surface area contributed by atoms with Crippen molar-refractivity contribution in [2.24, 2.45) is 0 Å². The van der Waals surface area contributed by atoms with E-state index >= 15 is 0 Å². The average Bonchev–Trinajstić information content (AvgIpc) is 2.15. The summed E-state index contributed by atoms with van der Waals surface area (Å²) >= 11 is 14.3. The molecule has 0 radical (unpaired) electrons. The molecular formula is C10H6Cl2IN. The van der Waals surface area contributed by atoms with E-state index in [-0.39, 0.29) is 0 Å². The number of aromatic nitrogens is 1. The third-order valence-corrected chi connectivity index (χ3v) is 4.04. The fourth-order valence-electron chi connectivity index (χ4n) is 1.25. The summed E-state index contributed by atoms with van der Waals surface area (Å²) in [5, 5.41) is 2.43. The van der Waals surface area contributed by atoms with Gasteiger partial charge in [0.2, 0.25) is 0 Å². The van der Waals surface area contributed by atoms with Gasteiger partial charge in [-0.3, -0.25) is 4.98 Å². The molecule has 0 fully saturated rings. The van der Waals surface area contributed by atoms with E-state index < -0.39 is 0 Å². The predicted octanol–water partition coefficient (Wildman–Crippen LogP) is 4.45. The maximum Gasteiger partial charge on any atom is 0.0732 e. The Morgan fingerprint density at radius 3 is 2.71 bits per heavy atom.